The van der Waals surface area contributed by atoms with Crippen LogP contribution in [0.1, 0.15) is 49.4 Å². The van der Waals surface area contributed by atoms with Gasteiger partial charge >= 0.3 is 5.97 Å². The van der Waals surface area contributed by atoms with Crippen molar-refractivity contribution in [2.45, 2.75) is 45.1 Å². The predicted octanol–water partition coefficient (Wildman–Crippen LogP) is 4.32. The molecule has 1 rings (SSSR count). The van der Waals surface area contributed by atoms with E-state index in [1.807, 2.05) is 6.26 Å². The molecule has 0 spiro atoms. The van der Waals surface area contributed by atoms with Crippen LogP contribution in [0.4, 0.5) is 0 Å². The zero-order valence-electron chi connectivity index (χ0n) is 14.3. The topological polar surface area (TPSA) is 55.4 Å². The number of hydrogen-bond acceptors (Lipinski definition) is 4. The van der Waals surface area contributed by atoms with Crippen LogP contribution in [0.25, 0.3) is 0 Å². The monoisotopic (exact) mass is 371 g/mol. The first-order chi connectivity index (χ1) is 11.6. The SMILES string of the molecule is CCCCCCOC(=O)[C@H](CCSC)NC(=O)c1ccccc1Cl. The molecule has 0 radical (unpaired) electrons. The third kappa shape index (κ3) is 7.58. The van der Waals surface area contributed by atoms with Crippen molar-refractivity contribution in [1.82, 2.24) is 5.32 Å². The number of benzene rings is 1. The highest BCUT2D eigenvalue weighted by Crippen LogP contribution is 2.15. The van der Waals surface area contributed by atoms with E-state index in [0.717, 1.165) is 31.4 Å². The first kappa shape index (κ1) is 20.8. The van der Waals surface area contributed by atoms with Crippen molar-refractivity contribution < 1.29 is 14.3 Å². The Balaban J connectivity index is 2.59. The molecule has 1 atom stereocenters. The molecule has 0 saturated carbocycles. The molecule has 0 saturated heterocycles. The normalized spacial score (nSPS) is 11.8. The number of rotatable bonds is 11. The van der Waals surface area contributed by atoms with Gasteiger partial charge in [-0.2, -0.15) is 11.8 Å². The second-order valence-corrected chi connectivity index (χ2v) is 6.91. The summed E-state index contributed by atoms with van der Waals surface area (Å²) in [6.07, 6.45) is 6.67. The van der Waals surface area contributed by atoms with Gasteiger partial charge in [0.15, 0.2) is 0 Å². The highest BCUT2D eigenvalue weighted by Gasteiger charge is 2.23. The van der Waals surface area contributed by atoms with Gasteiger partial charge in [0.05, 0.1) is 17.2 Å². The second kappa shape index (κ2) is 12.2. The van der Waals surface area contributed by atoms with Crippen LogP contribution >= 0.6 is 23.4 Å². The molecule has 0 aromatic heterocycles. The van der Waals surface area contributed by atoms with Crippen molar-refractivity contribution in [2.24, 2.45) is 0 Å². The van der Waals surface area contributed by atoms with Crippen molar-refractivity contribution in [3.05, 3.63) is 34.9 Å². The number of carbonyl (C=O) groups is 2. The number of carbonyl (C=O) groups excluding carboxylic acids is 2. The third-order valence-corrected chi connectivity index (χ3v) is 4.53. The molecule has 0 aliphatic heterocycles. The Bertz CT molecular complexity index is 525. The number of amides is 1. The Morgan fingerprint density at radius 3 is 2.67 bits per heavy atom. The third-order valence-electron chi connectivity index (χ3n) is 3.56. The first-order valence-electron chi connectivity index (χ1n) is 8.31. The molecule has 6 heteroatoms. The number of halogens is 1. The molecule has 0 fully saturated rings. The maximum absolute atomic E-state index is 12.3. The molecule has 1 N–H and O–H groups in total. The summed E-state index contributed by atoms with van der Waals surface area (Å²) in [6.45, 7) is 2.53. The zero-order chi connectivity index (χ0) is 17.8. The molecular weight excluding hydrogens is 346 g/mol. The number of nitrogens with one attached hydrogen (secondary N) is 1. The van der Waals surface area contributed by atoms with Crippen molar-refractivity contribution in [1.29, 1.82) is 0 Å². The molecule has 0 aliphatic rings. The van der Waals surface area contributed by atoms with E-state index in [-0.39, 0.29) is 11.9 Å². The molecule has 1 aromatic carbocycles. The molecule has 1 aromatic rings. The van der Waals surface area contributed by atoms with Gasteiger partial charge in [-0.3, -0.25) is 4.79 Å². The van der Waals surface area contributed by atoms with Gasteiger partial charge in [0.2, 0.25) is 0 Å². The number of unbranched alkanes of at least 4 members (excludes halogenated alkanes) is 3. The van der Waals surface area contributed by atoms with Crippen LogP contribution in [0.3, 0.4) is 0 Å². The van der Waals surface area contributed by atoms with Crippen molar-refractivity contribution in [2.75, 3.05) is 18.6 Å². The lowest BCUT2D eigenvalue weighted by atomic mass is 10.1. The number of thioether (sulfide) groups is 1. The van der Waals surface area contributed by atoms with Crippen molar-refractivity contribution in [3.63, 3.8) is 0 Å². The molecule has 1 amide bonds. The lowest BCUT2D eigenvalue weighted by molar-refractivity contribution is -0.146. The molecule has 24 heavy (non-hydrogen) atoms. The minimum atomic E-state index is -0.646. The van der Waals surface area contributed by atoms with Crippen LogP contribution in [-0.4, -0.2) is 36.5 Å². The second-order valence-electron chi connectivity index (χ2n) is 5.52. The van der Waals surface area contributed by atoms with E-state index in [0.29, 0.717) is 23.6 Å². The Labute approximate surface area is 153 Å². The smallest absolute Gasteiger partial charge is 0.328 e. The largest absolute Gasteiger partial charge is 0.464 e. The fourth-order valence-electron chi connectivity index (χ4n) is 2.17. The van der Waals surface area contributed by atoms with E-state index in [1.165, 1.54) is 0 Å². The summed E-state index contributed by atoms with van der Waals surface area (Å²) in [6, 6.07) is 6.14. The summed E-state index contributed by atoms with van der Waals surface area (Å²) >= 11 is 7.66. The van der Waals surface area contributed by atoms with E-state index in [9.17, 15) is 9.59 Å². The lowest BCUT2D eigenvalue weighted by Crippen LogP contribution is -2.42. The number of ether oxygens (including phenoxy) is 1. The van der Waals surface area contributed by atoms with Gasteiger partial charge in [0.1, 0.15) is 6.04 Å². The summed E-state index contributed by atoms with van der Waals surface area (Å²) in [5, 5.41) is 3.12. The molecule has 4 nitrogen and oxygen atoms in total. The quantitative estimate of drug-likeness (QED) is 0.465. The van der Waals surface area contributed by atoms with Crippen LogP contribution in [0, 0.1) is 0 Å². The summed E-state index contributed by atoms with van der Waals surface area (Å²) in [5.74, 6) is 0.0360. The maximum Gasteiger partial charge on any atom is 0.328 e. The molecule has 0 heterocycles. The number of hydrogen-bond donors (Lipinski definition) is 1. The molecular formula is C18H26ClNO3S. The van der Waals surface area contributed by atoms with Crippen LogP contribution in [0.15, 0.2) is 24.3 Å². The van der Waals surface area contributed by atoms with Gasteiger partial charge < -0.3 is 10.1 Å². The van der Waals surface area contributed by atoms with Crippen molar-refractivity contribution in [3.8, 4) is 0 Å². The standard InChI is InChI=1S/C18H26ClNO3S/c1-3-4-5-8-12-23-18(22)16(11-13-24-2)20-17(21)14-9-6-7-10-15(14)19/h6-7,9-10,16H,3-5,8,11-13H2,1-2H3,(H,20,21)/t16-/m0/s1. The summed E-state index contributed by atoms with van der Waals surface area (Å²) in [7, 11) is 0. The Morgan fingerprint density at radius 2 is 2.00 bits per heavy atom. The minimum Gasteiger partial charge on any atom is -0.464 e. The van der Waals surface area contributed by atoms with E-state index in [2.05, 4.69) is 12.2 Å². The molecule has 0 unspecified atom stereocenters. The van der Waals surface area contributed by atoms with Crippen LogP contribution in [-0.2, 0) is 9.53 Å². The summed E-state index contributed by atoms with van der Waals surface area (Å²) < 4.78 is 5.32. The van der Waals surface area contributed by atoms with Crippen LogP contribution < -0.4 is 5.32 Å². The Hall–Kier alpha value is -1.20. The van der Waals surface area contributed by atoms with E-state index >= 15 is 0 Å². The minimum absolute atomic E-state index is 0.352. The van der Waals surface area contributed by atoms with E-state index in [1.54, 1.807) is 36.0 Å². The highest BCUT2D eigenvalue weighted by molar-refractivity contribution is 7.98. The summed E-state index contributed by atoms with van der Waals surface area (Å²) in [4.78, 5) is 24.6. The molecule has 0 bridgehead atoms. The Morgan fingerprint density at radius 1 is 1.25 bits per heavy atom. The van der Waals surface area contributed by atoms with E-state index < -0.39 is 6.04 Å². The lowest BCUT2D eigenvalue weighted by Gasteiger charge is -2.18. The highest BCUT2D eigenvalue weighted by atomic mass is 35.5. The van der Waals surface area contributed by atoms with Gasteiger partial charge in [0, 0.05) is 0 Å². The Kier molecular flexibility index (Phi) is 10.6. The average molecular weight is 372 g/mol. The van der Waals surface area contributed by atoms with Crippen LogP contribution in [0.2, 0.25) is 5.02 Å². The van der Waals surface area contributed by atoms with Gasteiger partial charge in [0.25, 0.3) is 5.91 Å². The van der Waals surface area contributed by atoms with Gasteiger partial charge in [-0.1, -0.05) is 49.9 Å². The predicted molar refractivity (Wildman–Crippen MR) is 101 cm³/mol. The fourth-order valence-corrected chi connectivity index (χ4v) is 2.86. The maximum atomic E-state index is 12.3. The average Bonchev–Trinajstić information content (AvgIpc) is 2.58. The zero-order valence-corrected chi connectivity index (χ0v) is 15.9. The van der Waals surface area contributed by atoms with Gasteiger partial charge in [-0.05, 0) is 37.0 Å². The van der Waals surface area contributed by atoms with Crippen LogP contribution in [0.5, 0.6) is 0 Å². The summed E-state index contributed by atoms with van der Waals surface area (Å²) in [5.41, 5.74) is 0.365. The van der Waals surface area contributed by atoms with Gasteiger partial charge in [-0.25, -0.2) is 4.79 Å². The van der Waals surface area contributed by atoms with Gasteiger partial charge in [-0.15, -0.1) is 0 Å². The van der Waals surface area contributed by atoms with Crippen molar-refractivity contribution >= 4 is 35.2 Å². The molecule has 0 aliphatic carbocycles. The fraction of sp³-hybridized carbons (Fsp3) is 0.556. The number of esters is 1. The first-order valence-corrected chi connectivity index (χ1v) is 10.1. The van der Waals surface area contributed by atoms with E-state index in [4.69, 9.17) is 16.3 Å². The molecule has 134 valence electrons.